The van der Waals surface area contributed by atoms with E-state index >= 15 is 0 Å². The van der Waals surface area contributed by atoms with Crippen LogP contribution in [-0.4, -0.2) is 64.1 Å². The van der Waals surface area contributed by atoms with E-state index in [4.69, 9.17) is 4.74 Å². The predicted molar refractivity (Wildman–Crippen MR) is 149 cm³/mol. The summed E-state index contributed by atoms with van der Waals surface area (Å²) in [6.45, 7) is 10.7. The number of nitrogens with one attached hydrogen (secondary N) is 1. The second-order valence-corrected chi connectivity index (χ2v) is 11.8. The van der Waals surface area contributed by atoms with Crippen LogP contribution in [0.15, 0.2) is 41.3 Å². The number of ether oxygens (including phenoxy) is 1. The Morgan fingerprint density at radius 1 is 1.21 bits per heavy atom. The zero-order valence-electron chi connectivity index (χ0n) is 23.1. The van der Waals surface area contributed by atoms with E-state index in [0.717, 1.165) is 17.0 Å². The molecule has 1 saturated heterocycles. The fourth-order valence-electron chi connectivity index (χ4n) is 5.00. The molecule has 2 N–H and O–H groups in total. The van der Waals surface area contributed by atoms with E-state index in [-0.39, 0.29) is 29.6 Å². The lowest BCUT2D eigenvalue weighted by atomic mass is 9.94. The van der Waals surface area contributed by atoms with Crippen LogP contribution in [0.1, 0.15) is 69.4 Å². The smallest absolute Gasteiger partial charge is 0.329 e. The highest BCUT2D eigenvalue weighted by Crippen LogP contribution is 2.26. The van der Waals surface area contributed by atoms with Crippen molar-refractivity contribution in [3.05, 3.63) is 52.0 Å². The van der Waals surface area contributed by atoms with E-state index in [9.17, 15) is 19.5 Å². The van der Waals surface area contributed by atoms with Gasteiger partial charge in [0, 0.05) is 30.8 Å². The van der Waals surface area contributed by atoms with Gasteiger partial charge in [0.25, 0.3) is 5.91 Å². The summed E-state index contributed by atoms with van der Waals surface area (Å²) < 4.78 is 5.95. The number of esters is 1. The summed E-state index contributed by atoms with van der Waals surface area (Å²) in [7, 11) is 0. The zero-order valence-corrected chi connectivity index (χ0v) is 23.9. The number of hydrogen-bond acceptors (Lipinski definition) is 7. The molecule has 3 heterocycles. The van der Waals surface area contributed by atoms with Crippen molar-refractivity contribution in [3.63, 3.8) is 0 Å². The van der Waals surface area contributed by atoms with Crippen LogP contribution in [0, 0.1) is 17.8 Å². The van der Waals surface area contributed by atoms with E-state index in [2.05, 4.69) is 10.3 Å². The van der Waals surface area contributed by atoms with Gasteiger partial charge in [0.2, 0.25) is 5.91 Å². The van der Waals surface area contributed by atoms with Gasteiger partial charge in [0.15, 0.2) is 0 Å². The molecule has 0 saturated carbocycles. The number of carbonyl (C=O) groups is 3. The largest absolute Gasteiger partial charge is 0.460 e. The Labute approximate surface area is 229 Å². The molecule has 2 amide bonds. The number of carbonyl (C=O) groups excluding carboxylic acids is 3. The first-order valence-electron chi connectivity index (χ1n) is 13.5. The molecule has 9 heteroatoms. The third kappa shape index (κ3) is 8.36. The Morgan fingerprint density at radius 2 is 1.97 bits per heavy atom. The number of aliphatic hydroxyl groups excluding tert-OH is 1. The third-order valence-electron chi connectivity index (χ3n) is 6.93. The van der Waals surface area contributed by atoms with Gasteiger partial charge in [-0.1, -0.05) is 57.6 Å². The molecule has 8 nitrogen and oxygen atoms in total. The molecule has 1 fully saturated rings. The maximum Gasteiger partial charge on any atom is 0.329 e. The summed E-state index contributed by atoms with van der Waals surface area (Å²) in [5, 5.41) is 15.9. The Bertz CT molecular complexity index is 1080. The molecule has 208 valence electrons. The predicted octanol–water partition coefficient (Wildman–Crippen LogP) is 4.07. The molecule has 2 bridgehead atoms. The quantitative estimate of drug-likeness (QED) is 0.517. The lowest BCUT2D eigenvalue weighted by Crippen LogP contribution is -2.44. The van der Waals surface area contributed by atoms with Crippen molar-refractivity contribution in [2.75, 3.05) is 13.1 Å². The number of rotatable bonds is 1. The highest BCUT2D eigenvalue weighted by Gasteiger charge is 2.38. The Balaban J connectivity index is 1.85. The van der Waals surface area contributed by atoms with E-state index in [0.29, 0.717) is 38.0 Å². The first-order chi connectivity index (χ1) is 18.0. The molecule has 5 atom stereocenters. The van der Waals surface area contributed by atoms with Gasteiger partial charge in [-0.25, -0.2) is 9.78 Å². The summed E-state index contributed by atoms with van der Waals surface area (Å²) in [5.74, 6) is -0.915. The van der Waals surface area contributed by atoms with Crippen LogP contribution in [0.5, 0.6) is 0 Å². The number of aromatic nitrogens is 1. The molecule has 1 aromatic rings. The molecule has 2 aliphatic rings. The number of allylic oxidation sites excluding steroid dienone is 2. The maximum atomic E-state index is 13.3. The first kappa shape index (κ1) is 29.8. The summed E-state index contributed by atoms with van der Waals surface area (Å²) in [6.07, 6.45) is 10.2. The number of nitrogens with zero attached hydrogens (tertiary/aromatic N) is 2. The van der Waals surface area contributed by atoms with Gasteiger partial charge in [-0.2, -0.15) is 0 Å². The van der Waals surface area contributed by atoms with Crippen molar-refractivity contribution >= 4 is 29.1 Å². The number of thiazole rings is 1. The molecule has 2 aliphatic heterocycles. The second kappa shape index (κ2) is 13.8. The molecule has 0 radical (unpaired) electrons. The number of amides is 2. The summed E-state index contributed by atoms with van der Waals surface area (Å²) >= 11 is 1.43. The highest BCUT2D eigenvalue weighted by molar-refractivity contribution is 7.09. The zero-order chi connectivity index (χ0) is 27.8. The number of fused-ring (bicyclic) bond motifs is 3. The number of cyclic esters (lactones) is 1. The van der Waals surface area contributed by atoms with Crippen LogP contribution in [0.3, 0.4) is 0 Å². The molecule has 0 aromatic carbocycles. The average molecular weight is 544 g/mol. The third-order valence-corrected chi connectivity index (χ3v) is 7.80. The average Bonchev–Trinajstić information content (AvgIpc) is 3.52. The maximum absolute atomic E-state index is 13.3. The van der Waals surface area contributed by atoms with Gasteiger partial charge in [0.1, 0.15) is 17.8 Å². The topological polar surface area (TPSA) is 109 Å². The minimum absolute atomic E-state index is 0.0258. The summed E-state index contributed by atoms with van der Waals surface area (Å²) in [6, 6.07) is -0.647. The monoisotopic (exact) mass is 543 g/mol. The van der Waals surface area contributed by atoms with Crippen molar-refractivity contribution < 1.29 is 24.2 Å². The van der Waals surface area contributed by atoms with Gasteiger partial charge >= 0.3 is 5.97 Å². The number of hydrogen-bond donors (Lipinski definition) is 2. The van der Waals surface area contributed by atoms with Crippen LogP contribution in [0.4, 0.5) is 0 Å². The van der Waals surface area contributed by atoms with Gasteiger partial charge < -0.3 is 20.1 Å². The highest BCUT2D eigenvalue weighted by atomic mass is 32.1. The van der Waals surface area contributed by atoms with Crippen LogP contribution in [0.25, 0.3) is 0 Å². The molecular formula is C29H41N3O5S. The van der Waals surface area contributed by atoms with Crippen LogP contribution >= 0.6 is 11.3 Å². The van der Waals surface area contributed by atoms with E-state index in [1.165, 1.54) is 17.4 Å². The van der Waals surface area contributed by atoms with Gasteiger partial charge in [-0.3, -0.25) is 9.59 Å². The standard InChI is InChI=1S/C29H41N3O5S/c1-18(2)27-21(5)10-11-25(34)30-12-6-8-19(3)14-22(33)15-20(4)16-26-31-23(17-38-26)28(35)32-13-7-9-24(32)29(36)37-27/h6,8,10-11,14,17-18,20-22,24,27,33H,7,9,12-13,15-16H2,1-5H3,(H,30,34)/b8-6?,11-10+,19-14?/t20?,21-,22-,24-,27-/m1/s1. The molecule has 1 unspecified atom stereocenters. The Morgan fingerprint density at radius 3 is 2.71 bits per heavy atom. The van der Waals surface area contributed by atoms with Crippen molar-refractivity contribution in [1.29, 1.82) is 0 Å². The fourth-order valence-corrected chi connectivity index (χ4v) is 5.93. The second-order valence-electron chi connectivity index (χ2n) is 10.8. The minimum atomic E-state index is -0.647. The van der Waals surface area contributed by atoms with Gasteiger partial charge in [-0.15, -0.1) is 11.3 Å². The molecule has 0 aliphatic carbocycles. The molecule has 38 heavy (non-hydrogen) atoms. The fraction of sp³-hybridized carbons (Fsp3) is 0.586. The van der Waals surface area contributed by atoms with Gasteiger partial charge in [0.05, 0.1) is 11.1 Å². The van der Waals surface area contributed by atoms with Crippen molar-refractivity contribution in [1.82, 2.24) is 15.2 Å². The van der Waals surface area contributed by atoms with Crippen molar-refractivity contribution in [3.8, 4) is 0 Å². The first-order valence-corrected chi connectivity index (χ1v) is 14.4. The molecule has 1 aromatic heterocycles. The normalized spacial score (nSPS) is 29.4. The van der Waals surface area contributed by atoms with Crippen LogP contribution in [-0.2, 0) is 20.7 Å². The molecule has 0 spiro atoms. The number of aliphatic hydroxyl groups is 1. The van der Waals surface area contributed by atoms with Crippen LogP contribution < -0.4 is 5.32 Å². The van der Waals surface area contributed by atoms with E-state index in [1.54, 1.807) is 22.4 Å². The van der Waals surface area contributed by atoms with Crippen molar-refractivity contribution in [2.45, 2.75) is 78.6 Å². The van der Waals surface area contributed by atoms with E-state index < -0.39 is 24.2 Å². The minimum Gasteiger partial charge on any atom is -0.460 e. The lowest BCUT2D eigenvalue weighted by Gasteiger charge is -2.29. The summed E-state index contributed by atoms with van der Waals surface area (Å²) in [5.41, 5.74) is 1.25. The van der Waals surface area contributed by atoms with Crippen molar-refractivity contribution in [2.24, 2.45) is 17.8 Å². The SMILES string of the molecule is CC1=C[C@@H](O)CC(C)Cc2nc(cs2)C(=O)N2CCC[C@@H]2C(=O)O[C@H](C(C)C)[C@H](C)/C=C/C(=O)NCC=C1. The summed E-state index contributed by atoms with van der Waals surface area (Å²) in [4.78, 5) is 45.0. The van der Waals surface area contributed by atoms with Crippen LogP contribution in [0.2, 0.25) is 0 Å². The lowest BCUT2D eigenvalue weighted by molar-refractivity contribution is -0.158. The molecular weight excluding hydrogens is 502 g/mol. The Hall–Kier alpha value is -2.78. The van der Waals surface area contributed by atoms with E-state index in [1.807, 2.05) is 46.8 Å². The Kier molecular flexibility index (Phi) is 10.8. The molecule has 3 rings (SSSR count). The van der Waals surface area contributed by atoms with Gasteiger partial charge in [-0.05, 0) is 44.1 Å².